The molecule has 0 radical (unpaired) electrons. The monoisotopic (exact) mass is 426 g/mol. The fourth-order valence-corrected chi connectivity index (χ4v) is 4.03. The number of nitrogens with one attached hydrogen (secondary N) is 1. The van der Waals surface area contributed by atoms with Gasteiger partial charge < -0.3 is 15.0 Å². The Morgan fingerprint density at radius 3 is 2.45 bits per heavy atom. The number of hydrogen-bond acceptors (Lipinski definition) is 3. The number of halogens is 4. The summed E-state index contributed by atoms with van der Waals surface area (Å²) in [7, 11) is 0. The lowest BCUT2D eigenvalue weighted by molar-refractivity contribution is -0.137. The van der Waals surface area contributed by atoms with Crippen LogP contribution in [0.1, 0.15) is 35.2 Å². The molecule has 2 atom stereocenters. The van der Waals surface area contributed by atoms with Crippen molar-refractivity contribution >= 4 is 18.3 Å². The topological polar surface area (TPSA) is 41.6 Å². The summed E-state index contributed by atoms with van der Waals surface area (Å²) in [4.78, 5) is 15.1. The number of ether oxygens (including phenoxy) is 1. The molecule has 29 heavy (non-hydrogen) atoms. The normalized spacial score (nSPS) is 21.3. The van der Waals surface area contributed by atoms with E-state index in [0.29, 0.717) is 11.3 Å². The predicted octanol–water partition coefficient (Wildman–Crippen LogP) is 4.89. The van der Waals surface area contributed by atoms with Crippen LogP contribution in [0.25, 0.3) is 0 Å². The van der Waals surface area contributed by atoms with E-state index in [1.54, 1.807) is 24.3 Å². The second-order valence-electron chi connectivity index (χ2n) is 7.25. The van der Waals surface area contributed by atoms with Crippen LogP contribution in [-0.2, 0) is 6.18 Å². The molecule has 1 N–H and O–H groups in total. The average Bonchev–Trinajstić information content (AvgIpc) is 2.93. The van der Waals surface area contributed by atoms with E-state index in [1.165, 1.54) is 12.1 Å². The van der Waals surface area contributed by atoms with E-state index in [4.69, 9.17) is 4.74 Å². The molecule has 2 aromatic carbocycles. The van der Waals surface area contributed by atoms with E-state index >= 15 is 0 Å². The van der Waals surface area contributed by atoms with Crippen molar-refractivity contribution in [2.75, 3.05) is 13.1 Å². The fraction of sp³-hybridized carbons (Fsp3) is 0.381. The zero-order valence-corrected chi connectivity index (χ0v) is 16.4. The minimum Gasteiger partial charge on any atom is -0.457 e. The van der Waals surface area contributed by atoms with Crippen LogP contribution >= 0.6 is 12.4 Å². The second kappa shape index (κ2) is 8.63. The highest BCUT2D eigenvalue weighted by Gasteiger charge is 2.38. The standard InChI is InChI=1S/C21H21F3N2O2.ClH/c22-21(23,24)15-4-2-6-19(12-15)28-18-5-1-3-14(11-18)20(27)26-16-7-8-17(26)13-25-10-9-16;/h1-6,11-12,16-17,25H,7-10,13H2;1H. The molecule has 2 aliphatic rings. The second-order valence-corrected chi connectivity index (χ2v) is 7.25. The zero-order valence-electron chi connectivity index (χ0n) is 15.6. The molecule has 0 saturated carbocycles. The number of benzene rings is 2. The van der Waals surface area contributed by atoms with E-state index in [9.17, 15) is 18.0 Å². The maximum Gasteiger partial charge on any atom is 0.416 e. The summed E-state index contributed by atoms with van der Waals surface area (Å²) in [6.07, 6.45) is -1.50. The first-order valence-electron chi connectivity index (χ1n) is 9.40. The van der Waals surface area contributed by atoms with Gasteiger partial charge in [0.05, 0.1) is 5.56 Å². The molecule has 156 valence electrons. The van der Waals surface area contributed by atoms with Crippen LogP contribution in [0.15, 0.2) is 48.5 Å². The largest absolute Gasteiger partial charge is 0.457 e. The first-order valence-corrected chi connectivity index (χ1v) is 9.40. The predicted molar refractivity (Wildman–Crippen MR) is 106 cm³/mol. The average molecular weight is 427 g/mol. The Morgan fingerprint density at radius 2 is 1.69 bits per heavy atom. The Bertz CT molecular complexity index is 861. The van der Waals surface area contributed by atoms with Gasteiger partial charge in [0.15, 0.2) is 0 Å². The maximum absolute atomic E-state index is 13.1. The van der Waals surface area contributed by atoms with Crippen molar-refractivity contribution < 1.29 is 22.7 Å². The Hall–Kier alpha value is -2.25. The highest BCUT2D eigenvalue weighted by Crippen LogP contribution is 2.34. The van der Waals surface area contributed by atoms with Gasteiger partial charge in [-0.1, -0.05) is 12.1 Å². The van der Waals surface area contributed by atoms with Gasteiger partial charge in [0.1, 0.15) is 11.5 Å². The molecule has 4 rings (SSSR count). The quantitative estimate of drug-likeness (QED) is 0.760. The van der Waals surface area contributed by atoms with Crippen molar-refractivity contribution in [2.45, 2.75) is 37.5 Å². The van der Waals surface area contributed by atoms with Crippen molar-refractivity contribution in [1.29, 1.82) is 0 Å². The Morgan fingerprint density at radius 1 is 1.00 bits per heavy atom. The van der Waals surface area contributed by atoms with Gasteiger partial charge in [-0.15, -0.1) is 12.4 Å². The lowest BCUT2D eigenvalue weighted by atomic mass is 10.1. The summed E-state index contributed by atoms with van der Waals surface area (Å²) in [5, 5.41) is 3.37. The van der Waals surface area contributed by atoms with E-state index in [1.807, 2.05) is 4.90 Å². The van der Waals surface area contributed by atoms with E-state index in [0.717, 1.165) is 44.5 Å². The number of alkyl halides is 3. The SMILES string of the molecule is Cl.O=C(c1cccc(Oc2cccc(C(F)(F)F)c2)c1)N1C2CCNCC1CC2. The van der Waals surface area contributed by atoms with Gasteiger partial charge in [-0.2, -0.15) is 13.2 Å². The first kappa shape index (κ1) is 21.5. The van der Waals surface area contributed by atoms with Gasteiger partial charge >= 0.3 is 6.18 Å². The molecule has 0 spiro atoms. The third kappa shape index (κ3) is 4.67. The zero-order chi connectivity index (χ0) is 19.7. The first-order chi connectivity index (χ1) is 13.4. The van der Waals surface area contributed by atoms with Gasteiger partial charge in [-0.3, -0.25) is 4.79 Å². The van der Waals surface area contributed by atoms with Crippen LogP contribution in [0, 0.1) is 0 Å². The lowest BCUT2D eigenvalue weighted by Crippen LogP contribution is -2.42. The van der Waals surface area contributed by atoms with Gasteiger partial charge in [0.2, 0.25) is 0 Å². The lowest BCUT2D eigenvalue weighted by Gasteiger charge is -2.28. The van der Waals surface area contributed by atoms with Crippen LogP contribution in [0.5, 0.6) is 11.5 Å². The minimum atomic E-state index is -4.43. The Balaban J connectivity index is 0.00000240. The summed E-state index contributed by atoms with van der Waals surface area (Å²) in [5.41, 5.74) is -0.283. The van der Waals surface area contributed by atoms with Gasteiger partial charge in [0, 0.05) is 24.2 Å². The summed E-state index contributed by atoms with van der Waals surface area (Å²) in [6, 6.07) is 11.8. The molecule has 1 amide bonds. The third-order valence-electron chi connectivity index (χ3n) is 5.37. The summed E-state index contributed by atoms with van der Waals surface area (Å²) in [6.45, 7) is 1.70. The van der Waals surface area contributed by atoms with Crippen molar-refractivity contribution in [2.24, 2.45) is 0 Å². The van der Waals surface area contributed by atoms with Crippen LogP contribution in [0.4, 0.5) is 13.2 Å². The molecule has 2 aromatic rings. The van der Waals surface area contributed by atoms with Crippen LogP contribution < -0.4 is 10.1 Å². The smallest absolute Gasteiger partial charge is 0.416 e. The number of rotatable bonds is 3. The molecule has 2 saturated heterocycles. The Kier molecular flexibility index (Phi) is 6.39. The van der Waals surface area contributed by atoms with Crippen molar-refractivity contribution in [3.63, 3.8) is 0 Å². The van der Waals surface area contributed by atoms with E-state index in [-0.39, 0.29) is 36.1 Å². The summed E-state index contributed by atoms with van der Waals surface area (Å²) < 4.78 is 44.3. The van der Waals surface area contributed by atoms with Crippen LogP contribution in [-0.4, -0.2) is 36.0 Å². The third-order valence-corrected chi connectivity index (χ3v) is 5.37. The molecule has 2 bridgehead atoms. The molecular weight excluding hydrogens is 405 g/mol. The number of hydrogen-bond donors (Lipinski definition) is 1. The number of carbonyl (C=O) groups is 1. The van der Waals surface area contributed by atoms with Gasteiger partial charge in [-0.25, -0.2) is 0 Å². The molecule has 8 heteroatoms. The highest BCUT2D eigenvalue weighted by molar-refractivity contribution is 5.95. The minimum absolute atomic E-state index is 0. The molecule has 2 aliphatic heterocycles. The van der Waals surface area contributed by atoms with Crippen molar-refractivity contribution in [3.8, 4) is 11.5 Å². The molecule has 2 unspecified atom stereocenters. The van der Waals surface area contributed by atoms with Gasteiger partial charge in [-0.05, 0) is 62.2 Å². The van der Waals surface area contributed by atoms with E-state index in [2.05, 4.69) is 5.32 Å². The molecular formula is C21H22ClF3N2O2. The van der Waals surface area contributed by atoms with E-state index < -0.39 is 11.7 Å². The molecule has 2 fully saturated rings. The number of carbonyl (C=O) groups excluding carboxylic acids is 1. The highest BCUT2D eigenvalue weighted by atomic mass is 35.5. The van der Waals surface area contributed by atoms with Gasteiger partial charge in [0.25, 0.3) is 5.91 Å². The van der Waals surface area contributed by atoms with Crippen molar-refractivity contribution in [3.05, 3.63) is 59.7 Å². The summed E-state index contributed by atoms with van der Waals surface area (Å²) >= 11 is 0. The maximum atomic E-state index is 13.1. The number of fused-ring (bicyclic) bond motifs is 2. The van der Waals surface area contributed by atoms with Crippen LogP contribution in [0.2, 0.25) is 0 Å². The molecule has 2 heterocycles. The molecule has 0 aliphatic carbocycles. The molecule has 4 nitrogen and oxygen atoms in total. The molecule has 0 aromatic heterocycles. The van der Waals surface area contributed by atoms with Crippen LogP contribution in [0.3, 0.4) is 0 Å². The number of amides is 1. The fourth-order valence-electron chi connectivity index (χ4n) is 4.03. The number of nitrogens with zero attached hydrogens (tertiary/aromatic N) is 1. The van der Waals surface area contributed by atoms with Crippen molar-refractivity contribution in [1.82, 2.24) is 10.2 Å². The Labute approximate surface area is 173 Å². The summed E-state index contributed by atoms with van der Waals surface area (Å²) in [5.74, 6) is 0.370.